The van der Waals surface area contributed by atoms with E-state index in [4.69, 9.17) is 28.5 Å². The first-order valence-electron chi connectivity index (χ1n) is 26.7. The lowest BCUT2D eigenvalue weighted by Crippen LogP contribution is -2.61. The van der Waals surface area contributed by atoms with Gasteiger partial charge in [0.25, 0.3) is 11.7 Å². The van der Waals surface area contributed by atoms with Crippen LogP contribution < -0.4 is 5.06 Å². The van der Waals surface area contributed by atoms with Crippen LogP contribution in [0.3, 0.4) is 0 Å². The lowest BCUT2D eigenvalue weighted by atomic mass is 9.78. The van der Waals surface area contributed by atoms with Gasteiger partial charge in [-0.3, -0.25) is 24.0 Å². The number of hydrogen-bond acceptors (Lipinski definition) is 15. The van der Waals surface area contributed by atoms with E-state index >= 15 is 0 Å². The predicted molar refractivity (Wildman–Crippen MR) is 274 cm³/mol. The molecule has 16 nitrogen and oxygen atoms in total. The fraction of sp³-hybridized carbons (Fsp3) is 0.702. The summed E-state index contributed by atoms with van der Waals surface area (Å²) in [5, 5.41) is 36.2. The van der Waals surface area contributed by atoms with Crippen LogP contribution in [0.4, 0.5) is 5.69 Å². The number of aliphatic hydroxyl groups excluding tert-OH is 2. The number of aliphatic hydroxyl groups is 3. The molecule has 1 aromatic rings. The lowest BCUT2D eigenvalue weighted by Gasteiger charge is -2.43. The van der Waals surface area contributed by atoms with Crippen molar-refractivity contribution in [3.63, 3.8) is 0 Å². The third-order valence-corrected chi connectivity index (χ3v) is 16.5. The molecule has 406 valence electrons. The number of ether oxygens (including phenoxy) is 5. The van der Waals surface area contributed by atoms with E-state index < -0.39 is 90.0 Å². The Kier molecular flexibility index (Phi) is 20.8. The molecule has 5 heterocycles. The summed E-state index contributed by atoms with van der Waals surface area (Å²) in [6.45, 7) is 12.8. The monoisotopic (exact) mass is 1020 g/mol. The van der Waals surface area contributed by atoms with Gasteiger partial charge in [0.15, 0.2) is 5.78 Å². The molecule has 0 aromatic heterocycles. The molecular formula is C57H84N2O14. The topological polar surface area (TPSA) is 208 Å². The van der Waals surface area contributed by atoms with Crippen LogP contribution in [0.2, 0.25) is 0 Å². The molecule has 1 aliphatic carbocycles. The zero-order valence-electron chi connectivity index (χ0n) is 44.9. The van der Waals surface area contributed by atoms with Crippen LogP contribution in [0.1, 0.15) is 126 Å². The van der Waals surface area contributed by atoms with Gasteiger partial charge in [0.2, 0.25) is 5.79 Å². The molecule has 0 radical (unpaired) electrons. The quantitative estimate of drug-likeness (QED) is 0.146. The number of para-hydroxylation sites is 1. The van der Waals surface area contributed by atoms with E-state index in [0.717, 1.165) is 11.3 Å². The Balaban J connectivity index is 1.35. The van der Waals surface area contributed by atoms with Gasteiger partial charge in [0.05, 0.1) is 36.1 Å². The number of carbonyl (C=O) groups excluding carboxylic acids is 5. The van der Waals surface area contributed by atoms with Crippen LogP contribution in [0.25, 0.3) is 0 Å². The number of nitrogens with zero attached hydrogens (tertiary/aromatic N) is 2. The maximum Gasteiger partial charge on any atom is 0.329 e. The number of amides is 1. The van der Waals surface area contributed by atoms with Crippen LogP contribution in [-0.2, 0) is 52.5 Å². The Morgan fingerprint density at radius 3 is 2.23 bits per heavy atom. The summed E-state index contributed by atoms with van der Waals surface area (Å²) >= 11 is 0. The van der Waals surface area contributed by atoms with Gasteiger partial charge in [0, 0.05) is 58.5 Å². The molecule has 1 saturated carbocycles. The zero-order chi connectivity index (χ0) is 53.3. The number of methoxy groups -OCH3 is 3. The highest BCUT2D eigenvalue weighted by Gasteiger charge is 2.53. The van der Waals surface area contributed by atoms with E-state index in [-0.39, 0.29) is 67.3 Å². The van der Waals surface area contributed by atoms with E-state index in [1.807, 2.05) is 68.3 Å². The number of carbonyl (C=O) groups is 5. The van der Waals surface area contributed by atoms with Crippen LogP contribution in [0, 0.1) is 35.5 Å². The number of piperidine rings is 1. The SMILES string of the molecule is CO[C@H]1C[C@@H]2CC[C@@H](C)[C@@](O)(O2)C(=O)C(=O)N2CCCCC2C(=O)O[C@H]([C@H](C)C[C@@H]2CC[C@@H](O)[C@H](OC)C2)CC(=O)[C@H](C)C=C(C)[C@@H](O)[C@@H](OC)C(=O)[C@H](C)C[C@H](C)C2C=C[C@H](C=C1C)ON2c1ccccc1. The molecule has 7 rings (SSSR count). The molecule has 73 heavy (non-hydrogen) atoms. The van der Waals surface area contributed by atoms with Crippen LogP contribution >= 0.6 is 0 Å². The summed E-state index contributed by atoms with van der Waals surface area (Å²) in [7, 11) is 4.53. The molecule has 1 amide bonds. The molecule has 3 fully saturated rings. The van der Waals surface area contributed by atoms with E-state index in [0.29, 0.717) is 63.4 Å². The number of hydrogen-bond donors (Lipinski definition) is 3. The maximum absolute atomic E-state index is 14.5. The number of benzene rings is 1. The van der Waals surface area contributed by atoms with Gasteiger partial charge in [-0.2, -0.15) is 0 Å². The second kappa shape index (κ2) is 26.1. The van der Waals surface area contributed by atoms with Crippen molar-refractivity contribution in [3.8, 4) is 0 Å². The van der Waals surface area contributed by atoms with Crippen molar-refractivity contribution in [2.24, 2.45) is 35.5 Å². The minimum atomic E-state index is -2.47. The number of anilines is 1. The van der Waals surface area contributed by atoms with Gasteiger partial charge >= 0.3 is 5.97 Å². The summed E-state index contributed by atoms with van der Waals surface area (Å²) in [6.07, 6.45) is 6.48. The van der Waals surface area contributed by atoms with Crippen molar-refractivity contribution in [2.75, 3.05) is 32.9 Å². The van der Waals surface area contributed by atoms with Crippen LogP contribution in [-0.4, -0.2) is 144 Å². The average Bonchev–Trinajstić information content (AvgIpc) is 3.38. The minimum Gasteiger partial charge on any atom is -0.460 e. The standard InChI is InChI=1S/C57H84N2O14/c1-33-26-37(5)51(62)53(70-10)52(63)38(6)27-34(2)47(61)32-49(35(3)28-40-20-24-46(60)50(30-40)69-9)71-56(66)45-18-14-15-25-58(45)55(65)54(64)57(67)39(7)19-21-42(72-57)31-48(68-8)36(4)29-43-22-23-44(33)59(73-43)41-16-12-11-13-17-41/h11-13,16-17,22-23,27,29,33-35,37,39-40,42-46,48-50,52-53,60,63,67H,14-15,18-21,24-26,28,30-32H2,1-10H3/t33-,34+,35+,37+,39+,40-,42-,43+,44?,45?,46+,48-,49-,50+,52+,53-,57+/m0/s1. The second-order valence-electron chi connectivity index (χ2n) is 21.9. The van der Waals surface area contributed by atoms with Crippen molar-refractivity contribution < 1.29 is 67.8 Å². The molecule has 2 saturated heterocycles. The van der Waals surface area contributed by atoms with Gasteiger partial charge in [-0.05, 0) is 125 Å². The van der Waals surface area contributed by atoms with E-state index in [1.54, 1.807) is 41.1 Å². The highest BCUT2D eigenvalue weighted by atomic mass is 16.7. The summed E-state index contributed by atoms with van der Waals surface area (Å²) in [6, 6.07) is 8.24. The minimum absolute atomic E-state index is 0.0716. The smallest absolute Gasteiger partial charge is 0.329 e. The molecule has 17 atom stereocenters. The number of Topliss-reactive ketones (excluding diaryl/α,β-unsaturated/α-hetero) is 3. The molecule has 6 aliphatic rings. The third-order valence-electron chi connectivity index (χ3n) is 16.5. The van der Waals surface area contributed by atoms with Crippen LogP contribution in [0.5, 0.6) is 0 Å². The average molecular weight is 1020 g/mol. The van der Waals surface area contributed by atoms with Gasteiger partial charge in [-0.15, -0.1) is 0 Å². The molecule has 0 spiro atoms. The number of hydroxylamine groups is 1. The third kappa shape index (κ3) is 14.0. The molecule has 16 heteroatoms. The van der Waals surface area contributed by atoms with Crippen molar-refractivity contribution in [2.45, 2.75) is 192 Å². The fourth-order valence-electron chi connectivity index (χ4n) is 11.8. The molecule has 4 bridgehead atoms. The Morgan fingerprint density at radius 1 is 0.822 bits per heavy atom. The molecular weight excluding hydrogens is 937 g/mol. The summed E-state index contributed by atoms with van der Waals surface area (Å²) in [5.74, 6) is -8.42. The number of rotatable bonds is 7. The van der Waals surface area contributed by atoms with Crippen molar-refractivity contribution >= 4 is 34.9 Å². The largest absolute Gasteiger partial charge is 0.460 e. The molecule has 5 aliphatic heterocycles. The highest BCUT2D eigenvalue weighted by molar-refractivity contribution is 6.39. The Morgan fingerprint density at radius 2 is 1.55 bits per heavy atom. The number of ketones is 3. The van der Waals surface area contributed by atoms with Gasteiger partial charge < -0.3 is 43.9 Å². The Bertz CT molecular complexity index is 2150. The summed E-state index contributed by atoms with van der Waals surface area (Å²) < 4.78 is 29.9. The summed E-state index contributed by atoms with van der Waals surface area (Å²) in [4.78, 5) is 79.7. The second-order valence-corrected chi connectivity index (χ2v) is 21.9. The van der Waals surface area contributed by atoms with Gasteiger partial charge in [-0.1, -0.05) is 71.0 Å². The number of esters is 1. The first-order valence-corrected chi connectivity index (χ1v) is 26.7. The summed E-state index contributed by atoms with van der Waals surface area (Å²) in [5.41, 5.74) is 2.00. The van der Waals surface area contributed by atoms with E-state index in [1.165, 1.54) is 12.0 Å². The number of fused-ring (bicyclic) bond motifs is 16. The lowest BCUT2D eigenvalue weighted by molar-refractivity contribution is -0.265. The van der Waals surface area contributed by atoms with Crippen LogP contribution in [0.15, 0.2) is 65.8 Å². The predicted octanol–water partition coefficient (Wildman–Crippen LogP) is 6.81. The number of allylic oxidation sites excluding steroid dienone is 1. The highest BCUT2D eigenvalue weighted by Crippen LogP contribution is 2.39. The van der Waals surface area contributed by atoms with Gasteiger partial charge in [-0.25, -0.2) is 9.86 Å². The zero-order valence-corrected chi connectivity index (χ0v) is 44.9. The molecule has 2 unspecified atom stereocenters. The Labute approximate surface area is 432 Å². The normalized spacial score (nSPS) is 37.8. The van der Waals surface area contributed by atoms with Crippen molar-refractivity contribution in [3.05, 3.63) is 65.8 Å². The first kappa shape index (κ1) is 58.1. The fourth-order valence-corrected chi connectivity index (χ4v) is 11.8. The first-order chi connectivity index (χ1) is 34.7. The van der Waals surface area contributed by atoms with Gasteiger partial charge in [0.1, 0.15) is 36.2 Å². The molecule has 1 aromatic carbocycles. The van der Waals surface area contributed by atoms with Crippen molar-refractivity contribution in [1.29, 1.82) is 0 Å². The van der Waals surface area contributed by atoms with Crippen molar-refractivity contribution in [1.82, 2.24) is 4.90 Å². The Hall–Kier alpha value is -4.13. The maximum atomic E-state index is 14.5. The van der Waals surface area contributed by atoms with E-state index in [9.17, 15) is 39.3 Å². The molecule has 3 N–H and O–H groups in total. The van der Waals surface area contributed by atoms with E-state index in [2.05, 4.69) is 13.0 Å².